The van der Waals surface area contributed by atoms with Crippen LogP contribution in [0.5, 0.6) is 0 Å². The topological polar surface area (TPSA) is 62.6 Å². The van der Waals surface area contributed by atoms with Crippen molar-refractivity contribution < 1.29 is 14.0 Å². The minimum Gasteiger partial charge on any atom is -0.459 e. The molecule has 0 saturated heterocycles. The van der Waals surface area contributed by atoms with E-state index in [9.17, 15) is 9.59 Å². The van der Waals surface area contributed by atoms with Gasteiger partial charge in [-0.25, -0.2) is 0 Å². The van der Waals surface area contributed by atoms with Crippen LogP contribution in [-0.2, 0) is 11.2 Å². The zero-order chi connectivity index (χ0) is 22.3. The Morgan fingerprint density at radius 3 is 2.41 bits per heavy atom. The highest BCUT2D eigenvalue weighted by molar-refractivity contribution is 5.96. The fourth-order valence-corrected chi connectivity index (χ4v) is 4.48. The summed E-state index contributed by atoms with van der Waals surface area (Å²) in [6, 6.07) is 20.5. The molecule has 1 fully saturated rings. The molecule has 5 nitrogen and oxygen atoms in total. The number of carbonyl (C=O) groups excluding carboxylic acids is 2. The first kappa shape index (κ1) is 21.9. The van der Waals surface area contributed by atoms with Gasteiger partial charge < -0.3 is 14.6 Å². The van der Waals surface area contributed by atoms with Gasteiger partial charge in [0.2, 0.25) is 5.91 Å². The number of nitrogens with zero attached hydrogens (tertiary/aromatic N) is 1. The van der Waals surface area contributed by atoms with E-state index in [1.165, 1.54) is 11.8 Å². The molecule has 1 N–H and O–H groups in total. The predicted molar refractivity (Wildman–Crippen MR) is 124 cm³/mol. The first-order valence-electron chi connectivity index (χ1n) is 11.4. The summed E-state index contributed by atoms with van der Waals surface area (Å²) in [6.07, 6.45) is 6.37. The zero-order valence-electron chi connectivity index (χ0n) is 18.5. The number of hydrogen-bond acceptors (Lipinski definition) is 3. The second-order valence-corrected chi connectivity index (χ2v) is 8.46. The average molecular weight is 431 g/mol. The molecule has 1 aliphatic carbocycles. The highest BCUT2D eigenvalue weighted by Crippen LogP contribution is 2.26. The van der Waals surface area contributed by atoms with Gasteiger partial charge in [-0.2, -0.15) is 0 Å². The van der Waals surface area contributed by atoms with Crippen LogP contribution >= 0.6 is 0 Å². The Bertz CT molecular complexity index is 1020. The third-order valence-corrected chi connectivity index (χ3v) is 6.25. The van der Waals surface area contributed by atoms with E-state index < -0.39 is 6.04 Å². The summed E-state index contributed by atoms with van der Waals surface area (Å²) in [6.45, 7) is 2.47. The van der Waals surface area contributed by atoms with Crippen molar-refractivity contribution in [3.05, 3.63) is 95.4 Å². The highest BCUT2D eigenvalue weighted by Gasteiger charge is 2.34. The van der Waals surface area contributed by atoms with Gasteiger partial charge in [0.1, 0.15) is 6.04 Å². The molecular weight excluding hydrogens is 400 g/mol. The Kier molecular flexibility index (Phi) is 7.05. The van der Waals surface area contributed by atoms with E-state index in [0.29, 0.717) is 13.0 Å². The molecule has 1 aromatic heterocycles. The second-order valence-electron chi connectivity index (χ2n) is 8.46. The number of benzene rings is 2. The Hall–Kier alpha value is -3.34. The third-order valence-electron chi connectivity index (χ3n) is 6.25. The Balaban J connectivity index is 1.67. The van der Waals surface area contributed by atoms with E-state index >= 15 is 0 Å². The lowest BCUT2D eigenvalue weighted by Crippen LogP contribution is -2.46. The van der Waals surface area contributed by atoms with Crippen molar-refractivity contribution in [1.82, 2.24) is 10.2 Å². The maximum Gasteiger partial charge on any atom is 0.290 e. The maximum absolute atomic E-state index is 13.6. The van der Waals surface area contributed by atoms with Gasteiger partial charge in [0, 0.05) is 12.6 Å². The standard InChI is InChI=1S/C27H30N2O3/c1-20-10-5-6-11-21(20)17-18-29(27(31)24-16-9-19-32-24)25(22-12-3-2-4-13-22)26(30)28-23-14-7-8-15-23/h2-6,9-13,16,19,23,25H,7-8,14-15,17-18H2,1H3,(H,28,30). The fraction of sp³-hybridized carbons (Fsp3) is 0.333. The van der Waals surface area contributed by atoms with Crippen LogP contribution in [0.3, 0.4) is 0 Å². The van der Waals surface area contributed by atoms with E-state index in [-0.39, 0.29) is 23.6 Å². The van der Waals surface area contributed by atoms with Gasteiger partial charge in [-0.05, 0) is 55.0 Å². The minimum atomic E-state index is -0.724. The summed E-state index contributed by atoms with van der Waals surface area (Å²) in [5, 5.41) is 3.20. The van der Waals surface area contributed by atoms with Crippen molar-refractivity contribution >= 4 is 11.8 Å². The Morgan fingerprint density at radius 1 is 1.00 bits per heavy atom. The molecule has 32 heavy (non-hydrogen) atoms. The van der Waals surface area contributed by atoms with Crippen LogP contribution in [0.2, 0.25) is 0 Å². The maximum atomic E-state index is 13.6. The van der Waals surface area contributed by atoms with E-state index in [0.717, 1.165) is 36.8 Å². The van der Waals surface area contributed by atoms with Crippen LogP contribution in [0.25, 0.3) is 0 Å². The molecule has 1 atom stereocenters. The summed E-state index contributed by atoms with van der Waals surface area (Å²) in [5.41, 5.74) is 3.13. The van der Waals surface area contributed by atoms with Crippen molar-refractivity contribution in [3.63, 3.8) is 0 Å². The van der Waals surface area contributed by atoms with Gasteiger partial charge in [-0.3, -0.25) is 9.59 Å². The quantitative estimate of drug-likeness (QED) is 0.542. The lowest BCUT2D eigenvalue weighted by Gasteiger charge is -2.32. The normalized spacial score (nSPS) is 14.8. The smallest absolute Gasteiger partial charge is 0.290 e. The Labute approximate surface area is 189 Å². The van der Waals surface area contributed by atoms with Crippen LogP contribution < -0.4 is 5.32 Å². The first-order valence-corrected chi connectivity index (χ1v) is 11.4. The predicted octanol–water partition coefficient (Wildman–Crippen LogP) is 5.07. The summed E-state index contributed by atoms with van der Waals surface area (Å²) in [7, 11) is 0. The van der Waals surface area contributed by atoms with Crippen molar-refractivity contribution in [2.24, 2.45) is 0 Å². The van der Waals surface area contributed by atoms with Crippen LogP contribution in [0, 0.1) is 6.92 Å². The molecular formula is C27H30N2O3. The molecule has 1 aliphatic rings. The van der Waals surface area contributed by atoms with Gasteiger partial charge in [0.15, 0.2) is 5.76 Å². The monoisotopic (exact) mass is 430 g/mol. The van der Waals surface area contributed by atoms with Crippen molar-refractivity contribution in [2.75, 3.05) is 6.54 Å². The van der Waals surface area contributed by atoms with Gasteiger partial charge >= 0.3 is 0 Å². The number of carbonyl (C=O) groups is 2. The highest BCUT2D eigenvalue weighted by atomic mass is 16.3. The zero-order valence-corrected chi connectivity index (χ0v) is 18.5. The van der Waals surface area contributed by atoms with Gasteiger partial charge in [-0.1, -0.05) is 67.4 Å². The SMILES string of the molecule is Cc1ccccc1CCN(C(=O)c1ccco1)C(C(=O)NC1CCCC1)c1ccccc1. The number of rotatable bonds is 8. The van der Waals surface area contributed by atoms with Crippen LogP contribution in [0.15, 0.2) is 77.4 Å². The van der Waals surface area contributed by atoms with E-state index in [1.54, 1.807) is 17.0 Å². The largest absolute Gasteiger partial charge is 0.459 e. The number of hydrogen-bond donors (Lipinski definition) is 1. The molecule has 0 spiro atoms. The summed E-state index contributed by atoms with van der Waals surface area (Å²) < 4.78 is 5.43. The molecule has 0 radical (unpaired) electrons. The fourth-order valence-electron chi connectivity index (χ4n) is 4.48. The molecule has 2 aromatic carbocycles. The minimum absolute atomic E-state index is 0.132. The molecule has 4 rings (SSSR count). The van der Waals surface area contributed by atoms with E-state index in [2.05, 4.69) is 24.4 Å². The first-order chi connectivity index (χ1) is 15.6. The average Bonchev–Trinajstić information content (AvgIpc) is 3.52. The molecule has 2 amide bonds. The number of amides is 2. The number of aryl methyl sites for hydroxylation is 1. The Morgan fingerprint density at radius 2 is 1.72 bits per heavy atom. The molecule has 166 valence electrons. The van der Waals surface area contributed by atoms with Gasteiger partial charge in [-0.15, -0.1) is 0 Å². The van der Waals surface area contributed by atoms with E-state index in [1.807, 2.05) is 42.5 Å². The summed E-state index contributed by atoms with van der Waals surface area (Å²) in [4.78, 5) is 28.7. The molecule has 0 bridgehead atoms. The third kappa shape index (κ3) is 5.10. The van der Waals surface area contributed by atoms with Gasteiger partial charge in [0.05, 0.1) is 6.26 Å². The van der Waals surface area contributed by atoms with Gasteiger partial charge in [0.25, 0.3) is 5.91 Å². The molecule has 1 saturated carbocycles. The van der Waals surface area contributed by atoms with Crippen molar-refractivity contribution in [3.8, 4) is 0 Å². The van der Waals surface area contributed by atoms with Crippen LogP contribution in [0.4, 0.5) is 0 Å². The number of nitrogens with one attached hydrogen (secondary N) is 1. The lowest BCUT2D eigenvalue weighted by atomic mass is 10.0. The molecule has 1 unspecified atom stereocenters. The second kappa shape index (κ2) is 10.3. The number of furan rings is 1. The van der Waals surface area contributed by atoms with E-state index in [4.69, 9.17) is 4.42 Å². The summed E-state index contributed by atoms with van der Waals surface area (Å²) in [5.74, 6) is -0.170. The lowest BCUT2D eigenvalue weighted by molar-refractivity contribution is -0.126. The van der Waals surface area contributed by atoms with Crippen molar-refractivity contribution in [1.29, 1.82) is 0 Å². The van der Waals surface area contributed by atoms with Crippen molar-refractivity contribution in [2.45, 2.75) is 51.1 Å². The molecule has 1 heterocycles. The summed E-state index contributed by atoms with van der Waals surface area (Å²) >= 11 is 0. The van der Waals surface area contributed by atoms with Crippen LogP contribution in [0.1, 0.15) is 59.0 Å². The molecule has 3 aromatic rings. The molecule has 5 heteroatoms. The molecule has 0 aliphatic heterocycles. The van der Waals surface area contributed by atoms with Crippen LogP contribution in [-0.4, -0.2) is 29.3 Å².